The quantitative estimate of drug-likeness (QED) is 0.359. The maximum absolute atomic E-state index is 13.6. The minimum atomic E-state index is -1.28. The van der Waals surface area contributed by atoms with Crippen LogP contribution in [-0.4, -0.2) is 33.9 Å². The molecule has 1 aliphatic heterocycles. The first-order valence-corrected chi connectivity index (χ1v) is 11.4. The molecule has 4 aromatic rings. The van der Waals surface area contributed by atoms with Gasteiger partial charge in [0.05, 0.1) is 18.4 Å². The summed E-state index contributed by atoms with van der Waals surface area (Å²) in [4.78, 5) is 13.6. The van der Waals surface area contributed by atoms with Crippen molar-refractivity contribution in [3.8, 4) is 22.6 Å². The molecule has 1 N–H and O–H groups in total. The second-order valence-electron chi connectivity index (χ2n) is 8.19. The highest BCUT2D eigenvalue weighted by atomic mass is 35.5. The number of para-hydroxylation sites is 1. The zero-order valence-electron chi connectivity index (χ0n) is 18.4. The number of hydrogen-bond acceptors (Lipinski definition) is 5. The zero-order chi connectivity index (χ0) is 23.5. The highest BCUT2D eigenvalue weighted by molar-refractivity contribution is 6.30. The minimum absolute atomic E-state index is 0.0656. The molecule has 1 aliphatic rings. The van der Waals surface area contributed by atoms with E-state index < -0.39 is 5.60 Å². The van der Waals surface area contributed by atoms with E-state index in [9.17, 15) is 9.90 Å². The fourth-order valence-electron chi connectivity index (χ4n) is 4.13. The standard InChI is InChI=1S/C27H23ClN2O4/c28-22-10-6-19(7-11-22)20-16-29-30(17-20)14-3-15-34-27(21-8-12-23(31)13-9-21)18-33-25-5-2-1-4-24(25)26(27)32/h1-2,4-13,16-17,31H,3,14-15,18H2. The van der Waals surface area contributed by atoms with Gasteiger partial charge in [-0.2, -0.15) is 5.10 Å². The molecule has 6 nitrogen and oxygen atoms in total. The molecule has 34 heavy (non-hydrogen) atoms. The van der Waals surface area contributed by atoms with Gasteiger partial charge in [0.25, 0.3) is 0 Å². The fourth-order valence-corrected chi connectivity index (χ4v) is 4.25. The summed E-state index contributed by atoms with van der Waals surface area (Å²) in [6.45, 7) is 1.02. The van der Waals surface area contributed by atoms with Crippen molar-refractivity contribution >= 4 is 17.4 Å². The lowest BCUT2D eigenvalue weighted by atomic mass is 9.84. The summed E-state index contributed by atoms with van der Waals surface area (Å²) in [5, 5.41) is 14.9. The average molecular weight is 475 g/mol. The van der Waals surface area contributed by atoms with Crippen LogP contribution in [0.4, 0.5) is 0 Å². The fraction of sp³-hybridized carbons (Fsp3) is 0.185. The van der Waals surface area contributed by atoms with Crippen molar-refractivity contribution < 1.29 is 19.4 Å². The Balaban J connectivity index is 1.30. The number of aromatic nitrogens is 2. The van der Waals surface area contributed by atoms with Gasteiger partial charge in [0, 0.05) is 23.3 Å². The van der Waals surface area contributed by atoms with E-state index in [0.29, 0.717) is 41.5 Å². The summed E-state index contributed by atoms with van der Waals surface area (Å²) in [6, 6.07) is 21.3. The summed E-state index contributed by atoms with van der Waals surface area (Å²) in [5.41, 5.74) is 1.91. The Bertz CT molecular complexity index is 1300. The predicted molar refractivity (Wildman–Crippen MR) is 129 cm³/mol. The van der Waals surface area contributed by atoms with Gasteiger partial charge in [0.15, 0.2) is 5.60 Å². The van der Waals surface area contributed by atoms with Crippen molar-refractivity contribution in [3.63, 3.8) is 0 Å². The monoisotopic (exact) mass is 474 g/mol. The number of nitrogens with zero attached hydrogens (tertiary/aromatic N) is 2. The number of phenols is 1. The first kappa shape index (κ1) is 22.2. The van der Waals surface area contributed by atoms with Crippen LogP contribution in [0, 0.1) is 0 Å². The van der Waals surface area contributed by atoms with Crippen molar-refractivity contribution in [2.75, 3.05) is 13.2 Å². The molecule has 0 fully saturated rings. The van der Waals surface area contributed by atoms with Gasteiger partial charge in [-0.1, -0.05) is 48.0 Å². The molecule has 1 atom stereocenters. The maximum Gasteiger partial charge on any atom is 0.206 e. The first-order valence-electron chi connectivity index (χ1n) is 11.0. The average Bonchev–Trinajstić information content (AvgIpc) is 3.33. The molecule has 7 heteroatoms. The normalized spacial score (nSPS) is 17.3. The Morgan fingerprint density at radius 1 is 1.03 bits per heavy atom. The van der Waals surface area contributed by atoms with Crippen LogP contribution in [0.3, 0.4) is 0 Å². The van der Waals surface area contributed by atoms with E-state index in [0.717, 1.165) is 11.1 Å². The van der Waals surface area contributed by atoms with Gasteiger partial charge < -0.3 is 14.6 Å². The summed E-state index contributed by atoms with van der Waals surface area (Å²) in [6.07, 6.45) is 4.44. The van der Waals surface area contributed by atoms with Crippen LogP contribution in [0.15, 0.2) is 85.2 Å². The number of fused-ring (bicyclic) bond motifs is 1. The molecule has 1 unspecified atom stereocenters. The van der Waals surface area contributed by atoms with Gasteiger partial charge in [-0.05, 0) is 53.9 Å². The Kier molecular flexibility index (Phi) is 6.09. The number of phenolic OH excluding ortho intramolecular Hbond substituents is 1. The molecule has 0 aliphatic carbocycles. The van der Waals surface area contributed by atoms with E-state index in [1.807, 2.05) is 53.5 Å². The van der Waals surface area contributed by atoms with Gasteiger partial charge in [0.1, 0.15) is 18.1 Å². The smallest absolute Gasteiger partial charge is 0.206 e. The molecule has 0 saturated heterocycles. The molecular weight excluding hydrogens is 452 g/mol. The molecule has 0 spiro atoms. The Labute approximate surface area is 202 Å². The molecule has 1 aromatic heterocycles. The van der Waals surface area contributed by atoms with E-state index >= 15 is 0 Å². The van der Waals surface area contributed by atoms with E-state index in [2.05, 4.69) is 5.10 Å². The predicted octanol–water partition coefficient (Wildman–Crippen LogP) is 5.49. The number of rotatable bonds is 7. The molecule has 3 aromatic carbocycles. The molecule has 2 heterocycles. The maximum atomic E-state index is 13.6. The number of halogens is 1. The molecule has 0 bridgehead atoms. The van der Waals surface area contributed by atoms with E-state index in [4.69, 9.17) is 21.1 Å². The third-order valence-corrected chi connectivity index (χ3v) is 6.21. The van der Waals surface area contributed by atoms with E-state index in [-0.39, 0.29) is 18.1 Å². The molecule has 172 valence electrons. The Hall–Kier alpha value is -3.61. The third kappa shape index (κ3) is 4.30. The number of ketones is 1. The van der Waals surface area contributed by atoms with Gasteiger partial charge in [0.2, 0.25) is 5.78 Å². The van der Waals surface area contributed by atoms with Crippen LogP contribution in [-0.2, 0) is 16.9 Å². The van der Waals surface area contributed by atoms with Crippen molar-refractivity contribution in [3.05, 3.63) is 101 Å². The van der Waals surface area contributed by atoms with Crippen LogP contribution in [0.2, 0.25) is 5.02 Å². The lowest BCUT2D eigenvalue weighted by Gasteiger charge is -2.36. The van der Waals surface area contributed by atoms with Crippen molar-refractivity contribution in [2.45, 2.75) is 18.6 Å². The number of aryl methyl sites for hydroxylation is 1. The number of hydrogen-bond donors (Lipinski definition) is 1. The van der Waals surface area contributed by atoms with Crippen LogP contribution >= 0.6 is 11.6 Å². The lowest BCUT2D eigenvalue weighted by molar-refractivity contribution is -0.0612. The summed E-state index contributed by atoms with van der Waals surface area (Å²) in [7, 11) is 0. The summed E-state index contributed by atoms with van der Waals surface area (Å²) < 4.78 is 14.1. The van der Waals surface area contributed by atoms with Crippen LogP contribution in [0.1, 0.15) is 22.3 Å². The number of carbonyl (C=O) groups excluding carboxylic acids is 1. The highest BCUT2D eigenvalue weighted by Gasteiger charge is 2.46. The molecular formula is C27H23ClN2O4. The van der Waals surface area contributed by atoms with Crippen LogP contribution in [0.5, 0.6) is 11.5 Å². The number of ether oxygens (including phenoxy) is 2. The van der Waals surface area contributed by atoms with Crippen LogP contribution in [0.25, 0.3) is 11.1 Å². The van der Waals surface area contributed by atoms with Gasteiger partial charge in [-0.15, -0.1) is 0 Å². The topological polar surface area (TPSA) is 73.6 Å². The number of Topliss-reactive ketones (excluding diaryl/α,β-unsaturated/α-hetero) is 1. The minimum Gasteiger partial charge on any atom is -0.508 e. The summed E-state index contributed by atoms with van der Waals surface area (Å²) >= 11 is 5.97. The van der Waals surface area contributed by atoms with Crippen molar-refractivity contribution in [2.24, 2.45) is 0 Å². The highest BCUT2D eigenvalue weighted by Crippen LogP contribution is 2.38. The van der Waals surface area contributed by atoms with Gasteiger partial charge >= 0.3 is 0 Å². The number of benzene rings is 3. The third-order valence-electron chi connectivity index (χ3n) is 5.95. The van der Waals surface area contributed by atoms with Gasteiger partial charge in [-0.3, -0.25) is 9.48 Å². The largest absolute Gasteiger partial charge is 0.508 e. The van der Waals surface area contributed by atoms with Crippen molar-refractivity contribution in [1.82, 2.24) is 9.78 Å². The molecule has 0 radical (unpaired) electrons. The molecule has 5 rings (SSSR count). The molecule has 0 amide bonds. The molecule has 0 saturated carbocycles. The Morgan fingerprint density at radius 2 is 1.79 bits per heavy atom. The number of aromatic hydroxyl groups is 1. The second kappa shape index (κ2) is 9.33. The van der Waals surface area contributed by atoms with Crippen LogP contribution < -0.4 is 4.74 Å². The van der Waals surface area contributed by atoms with E-state index in [1.54, 1.807) is 36.4 Å². The first-order chi connectivity index (χ1) is 16.5. The number of carbonyl (C=O) groups is 1. The van der Waals surface area contributed by atoms with Gasteiger partial charge in [-0.25, -0.2) is 0 Å². The van der Waals surface area contributed by atoms with Crippen molar-refractivity contribution in [1.29, 1.82) is 0 Å². The Morgan fingerprint density at radius 3 is 2.59 bits per heavy atom. The zero-order valence-corrected chi connectivity index (χ0v) is 19.1. The second-order valence-corrected chi connectivity index (χ2v) is 8.63. The lowest BCUT2D eigenvalue weighted by Crippen LogP contribution is -2.47. The SMILES string of the molecule is O=C1c2ccccc2OCC1(OCCCn1cc(-c2ccc(Cl)cc2)cn1)c1ccc(O)cc1. The summed E-state index contributed by atoms with van der Waals surface area (Å²) in [5.74, 6) is 0.527. The van der Waals surface area contributed by atoms with E-state index in [1.165, 1.54) is 0 Å².